The molecule has 0 spiro atoms. The summed E-state index contributed by atoms with van der Waals surface area (Å²) in [5.74, 6) is -1.67. The highest BCUT2D eigenvalue weighted by molar-refractivity contribution is 7.91. The molecule has 2 aromatic heterocycles. The van der Waals surface area contributed by atoms with E-state index in [0.717, 1.165) is 49.7 Å². The number of nitrogens with zero attached hydrogens (tertiary/aromatic N) is 3. The van der Waals surface area contributed by atoms with Crippen LogP contribution in [-0.4, -0.2) is 88.2 Å². The van der Waals surface area contributed by atoms with Crippen LogP contribution in [0.15, 0.2) is 59.0 Å². The van der Waals surface area contributed by atoms with E-state index in [-0.39, 0.29) is 37.0 Å². The second-order valence-electron chi connectivity index (χ2n) is 18.8. The fourth-order valence-electron chi connectivity index (χ4n) is 9.25. The van der Waals surface area contributed by atoms with Gasteiger partial charge in [-0.3, -0.25) is 19.1 Å². The topological polar surface area (TPSA) is 199 Å². The molecule has 15 nitrogen and oxygen atoms in total. The van der Waals surface area contributed by atoms with Crippen LogP contribution in [0.3, 0.4) is 0 Å². The summed E-state index contributed by atoms with van der Waals surface area (Å²) in [6.07, 6.45) is 9.63. The lowest BCUT2D eigenvalue weighted by Gasteiger charge is -2.30. The normalized spacial score (nSPS) is 26.2. The Morgan fingerprint density at radius 2 is 1.73 bits per heavy atom. The number of benzene rings is 2. The number of furan rings is 1. The van der Waals surface area contributed by atoms with Crippen molar-refractivity contribution in [3.05, 3.63) is 65.2 Å². The third-order valence-corrected chi connectivity index (χ3v) is 16.1. The van der Waals surface area contributed by atoms with Crippen molar-refractivity contribution in [1.82, 2.24) is 30.2 Å². The fraction of sp³-hybridized carbons (Fsp3) is 0.532. The Kier molecular flexibility index (Phi) is 11.9. The summed E-state index contributed by atoms with van der Waals surface area (Å²) in [6.45, 7) is 5.73. The first-order valence-corrected chi connectivity index (χ1v) is 24.5. The van der Waals surface area contributed by atoms with E-state index in [1.54, 1.807) is 25.1 Å². The van der Waals surface area contributed by atoms with Gasteiger partial charge in [0.1, 0.15) is 40.9 Å². The van der Waals surface area contributed by atoms with Crippen molar-refractivity contribution in [2.45, 2.75) is 145 Å². The van der Waals surface area contributed by atoms with Crippen LogP contribution in [0.4, 0.5) is 4.79 Å². The average molecular weight is 916 g/mol. The average Bonchev–Trinajstić information content (AvgIpc) is 3.93. The molecule has 4 heterocycles. The molecule has 0 unspecified atom stereocenters. The van der Waals surface area contributed by atoms with Gasteiger partial charge in [0.2, 0.25) is 27.4 Å². The number of sulfonamides is 1. The Morgan fingerprint density at radius 1 is 0.984 bits per heavy atom. The molecule has 3 saturated carbocycles. The third kappa shape index (κ3) is 8.79. The van der Waals surface area contributed by atoms with Crippen LogP contribution in [0.25, 0.3) is 33.5 Å². The molecule has 2 aromatic carbocycles. The van der Waals surface area contributed by atoms with Crippen molar-refractivity contribution >= 4 is 67.5 Å². The van der Waals surface area contributed by atoms with Crippen LogP contribution in [0.2, 0.25) is 5.02 Å². The maximum atomic E-state index is 14.9. The Labute approximate surface area is 377 Å². The molecule has 3 aliphatic carbocycles. The molecule has 4 amide bonds. The molecule has 0 radical (unpaired) electrons. The van der Waals surface area contributed by atoms with Crippen LogP contribution in [0.1, 0.15) is 116 Å². The lowest BCUT2D eigenvalue weighted by molar-refractivity contribution is -0.141. The zero-order valence-electron chi connectivity index (χ0n) is 36.4. The SMILES string of the molecule is CC(C)c1ccc(-c2nc(O[C@@H]3C[C@H]4C(=O)N[C@]5(C(=O)NS(=O)(=O)C6(C)CC6)C[C@H]5C=CCCCCC[C@H](NC(=O)OC5CCCC5)C(=O)N4C3)c3oc4ccc(Cl)cc4c3n2)cc1. The van der Waals surface area contributed by atoms with Crippen LogP contribution >= 0.6 is 11.6 Å². The number of carbonyl (C=O) groups is 4. The van der Waals surface area contributed by atoms with Gasteiger partial charge in [-0.1, -0.05) is 74.7 Å². The largest absolute Gasteiger partial charge is 0.470 e. The number of ether oxygens (including phenoxy) is 2. The second-order valence-corrected chi connectivity index (χ2v) is 21.4. The van der Waals surface area contributed by atoms with Gasteiger partial charge in [0.15, 0.2) is 5.82 Å². The molecule has 3 N–H and O–H groups in total. The molecule has 64 heavy (non-hydrogen) atoms. The number of fused-ring (bicyclic) bond motifs is 5. The first-order valence-electron chi connectivity index (χ1n) is 22.6. The predicted molar refractivity (Wildman–Crippen MR) is 240 cm³/mol. The van der Waals surface area contributed by atoms with E-state index in [0.29, 0.717) is 65.4 Å². The maximum Gasteiger partial charge on any atom is 0.408 e. The highest BCUT2D eigenvalue weighted by Crippen LogP contribution is 2.48. The third-order valence-electron chi connectivity index (χ3n) is 13.7. The Hall–Kier alpha value is -5.22. The van der Waals surface area contributed by atoms with E-state index in [1.807, 2.05) is 36.4 Å². The number of alkyl carbamates (subject to hydrolysis) is 1. The van der Waals surface area contributed by atoms with Crippen molar-refractivity contribution in [3.8, 4) is 17.3 Å². The van der Waals surface area contributed by atoms with Crippen molar-refractivity contribution < 1.29 is 41.5 Å². The van der Waals surface area contributed by atoms with E-state index < -0.39 is 68.2 Å². The van der Waals surface area contributed by atoms with Gasteiger partial charge in [0, 0.05) is 28.3 Å². The monoisotopic (exact) mass is 914 g/mol. The molecular formula is C47H55ClN6O9S. The summed E-state index contributed by atoms with van der Waals surface area (Å²) in [5, 5.41) is 6.89. The summed E-state index contributed by atoms with van der Waals surface area (Å²) in [4.78, 5) is 68.2. The number of aromatic nitrogens is 2. The molecule has 9 rings (SSSR count). The number of hydrogen-bond donors (Lipinski definition) is 3. The van der Waals surface area contributed by atoms with E-state index in [9.17, 15) is 27.6 Å². The maximum absolute atomic E-state index is 14.9. The minimum Gasteiger partial charge on any atom is -0.470 e. The first kappa shape index (κ1) is 44.0. The Morgan fingerprint density at radius 3 is 2.47 bits per heavy atom. The Balaban J connectivity index is 1.06. The van der Waals surface area contributed by atoms with E-state index in [4.69, 9.17) is 35.5 Å². The van der Waals surface area contributed by atoms with Crippen molar-refractivity contribution in [1.29, 1.82) is 0 Å². The van der Waals surface area contributed by atoms with Gasteiger partial charge < -0.3 is 29.4 Å². The molecule has 2 aliphatic heterocycles. The number of allylic oxidation sites excluding steroid dienone is 1. The zero-order chi connectivity index (χ0) is 45.0. The molecule has 17 heteroatoms. The minimum atomic E-state index is -4.03. The molecule has 0 bridgehead atoms. The molecule has 5 aliphatic rings. The van der Waals surface area contributed by atoms with Crippen molar-refractivity contribution in [2.24, 2.45) is 5.92 Å². The van der Waals surface area contributed by atoms with E-state index in [1.165, 1.54) is 4.90 Å². The molecule has 340 valence electrons. The van der Waals surface area contributed by atoms with Gasteiger partial charge in [0.25, 0.3) is 11.8 Å². The number of rotatable bonds is 9. The summed E-state index contributed by atoms with van der Waals surface area (Å²) in [7, 11) is -4.03. The summed E-state index contributed by atoms with van der Waals surface area (Å²) >= 11 is 6.45. The van der Waals surface area contributed by atoms with Crippen LogP contribution < -0.4 is 20.1 Å². The van der Waals surface area contributed by atoms with Gasteiger partial charge in [-0.2, -0.15) is 4.98 Å². The molecular weight excluding hydrogens is 860 g/mol. The molecule has 4 fully saturated rings. The standard InChI is InChI=1S/C47H55ClN6O9S/c1-27(2)28-15-17-29(18-16-28)40-50-38-34-23-31(48)19-20-37(34)63-39(38)42(51-40)61-33-24-36-41(55)52-47(44(57)53-64(59,60)46(3)21-22-46)25-30(47)11-7-5-4-6-8-14-35(43(56)54(36)26-33)49-45(58)62-32-12-9-10-13-32/h7,11,15-20,23,27,30,32-33,35-36H,4-6,8-10,12-14,21-22,24-26H2,1-3H3,(H,49,58)(H,52,55)(H,53,57)/t30-,33-,35+,36+,47-/m1/s1. The highest BCUT2D eigenvalue weighted by Gasteiger charge is 2.63. The van der Waals surface area contributed by atoms with Gasteiger partial charge in [-0.15, -0.1) is 0 Å². The lowest BCUT2D eigenvalue weighted by atomic mass is 10.0. The molecule has 5 atom stereocenters. The smallest absolute Gasteiger partial charge is 0.408 e. The number of hydrogen-bond acceptors (Lipinski definition) is 11. The minimum absolute atomic E-state index is 0.0264. The van der Waals surface area contributed by atoms with Crippen LogP contribution in [0.5, 0.6) is 5.88 Å². The summed E-state index contributed by atoms with van der Waals surface area (Å²) in [6, 6.07) is 10.9. The van der Waals surface area contributed by atoms with Gasteiger partial charge in [-0.05, 0) is 101 Å². The van der Waals surface area contributed by atoms with Gasteiger partial charge >= 0.3 is 6.09 Å². The lowest BCUT2D eigenvalue weighted by Crippen LogP contribution is -2.58. The number of nitrogens with one attached hydrogen (secondary N) is 3. The van der Waals surface area contributed by atoms with Crippen molar-refractivity contribution in [3.63, 3.8) is 0 Å². The van der Waals surface area contributed by atoms with Gasteiger partial charge in [0.05, 0.1) is 11.3 Å². The van der Waals surface area contributed by atoms with E-state index >= 15 is 0 Å². The molecule has 4 aromatic rings. The quantitative estimate of drug-likeness (QED) is 0.140. The summed E-state index contributed by atoms with van der Waals surface area (Å²) in [5.41, 5.74) is 1.54. The van der Waals surface area contributed by atoms with Crippen LogP contribution in [-0.2, 0) is 29.1 Å². The molecule has 1 saturated heterocycles. The first-order chi connectivity index (χ1) is 30.6. The number of amides is 4. The fourth-order valence-corrected chi connectivity index (χ4v) is 10.7. The zero-order valence-corrected chi connectivity index (χ0v) is 37.9. The second kappa shape index (κ2) is 17.3. The number of carbonyl (C=O) groups excluding carboxylic acids is 4. The van der Waals surface area contributed by atoms with Crippen LogP contribution in [0, 0.1) is 5.92 Å². The van der Waals surface area contributed by atoms with E-state index in [2.05, 4.69) is 29.2 Å². The van der Waals surface area contributed by atoms with Crippen molar-refractivity contribution in [2.75, 3.05) is 6.54 Å². The Bertz CT molecular complexity index is 2620. The highest BCUT2D eigenvalue weighted by atomic mass is 35.5. The van der Waals surface area contributed by atoms with Gasteiger partial charge in [-0.25, -0.2) is 18.2 Å². The predicted octanol–water partition coefficient (Wildman–Crippen LogP) is 7.60. The summed E-state index contributed by atoms with van der Waals surface area (Å²) < 4.78 is 46.6. The number of halogens is 1.